The predicted molar refractivity (Wildman–Crippen MR) is 106 cm³/mol. The van der Waals surface area contributed by atoms with Crippen molar-refractivity contribution in [2.24, 2.45) is 7.05 Å². The summed E-state index contributed by atoms with van der Waals surface area (Å²) < 4.78 is 21.9. The lowest BCUT2D eigenvalue weighted by Gasteiger charge is -2.14. The van der Waals surface area contributed by atoms with Crippen LogP contribution in [0.3, 0.4) is 0 Å². The van der Waals surface area contributed by atoms with Gasteiger partial charge in [0.05, 0.1) is 16.4 Å². The minimum atomic E-state index is -0.925. The normalized spacial score (nSPS) is 11.9. The van der Waals surface area contributed by atoms with Gasteiger partial charge in [-0.25, -0.2) is 9.07 Å². The average molecular weight is 404 g/mol. The monoisotopic (exact) mass is 403 g/mol. The zero-order chi connectivity index (χ0) is 20.4. The summed E-state index contributed by atoms with van der Waals surface area (Å²) in [6.45, 7) is 3.27. The molecule has 0 radical (unpaired) electrons. The maximum Gasteiger partial charge on any atom is 0.295 e. The zero-order valence-corrected chi connectivity index (χ0v) is 16.3. The summed E-state index contributed by atoms with van der Waals surface area (Å²) in [6.07, 6.45) is -0.925. The minimum Gasteiger partial charge on any atom is -0.481 e. The third-order valence-corrected chi connectivity index (χ3v) is 4.67. The number of benzene rings is 2. The first-order valence-electron chi connectivity index (χ1n) is 8.56. The van der Waals surface area contributed by atoms with Crippen molar-refractivity contribution in [2.45, 2.75) is 20.0 Å². The summed E-state index contributed by atoms with van der Waals surface area (Å²) in [7, 11) is 1.74. The molecule has 146 valence electrons. The first-order valence-corrected chi connectivity index (χ1v) is 8.94. The van der Waals surface area contributed by atoms with Crippen LogP contribution in [0.1, 0.15) is 12.6 Å². The SMILES string of the molecule is Cc1c(NC(=O)[C@@H](C)Oc2ccc(F)c(Cl)c2)c(=O)n(-c2ccccc2)n1C. The molecule has 0 aliphatic heterocycles. The van der Waals surface area contributed by atoms with Crippen molar-refractivity contribution in [3.63, 3.8) is 0 Å². The molecular formula is C20H19ClFN3O3. The van der Waals surface area contributed by atoms with E-state index in [0.717, 1.165) is 6.07 Å². The van der Waals surface area contributed by atoms with Crippen LogP contribution >= 0.6 is 11.6 Å². The van der Waals surface area contributed by atoms with Gasteiger partial charge in [-0.2, -0.15) is 0 Å². The molecule has 6 nitrogen and oxygen atoms in total. The Hall–Kier alpha value is -3.06. The highest BCUT2D eigenvalue weighted by Crippen LogP contribution is 2.22. The van der Waals surface area contributed by atoms with E-state index in [9.17, 15) is 14.0 Å². The molecule has 0 aliphatic rings. The molecule has 1 N–H and O–H groups in total. The molecule has 0 saturated carbocycles. The predicted octanol–water partition coefficient (Wildman–Crippen LogP) is 3.68. The second-order valence-electron chi connectivity index (χ2n) is 6.26. The van der Waals surface area contributed by atoms with Crippen molar-refractivity contribution < 1.29 is 13.9 Å². The van der Waals surface area contributed by atoms with E-state index in [1.54, 1.807) is 30.8 Å². The Morgan fingerprint density at radius 3 is 2.54 bits per heavy atom. The Kier molecular flexibility index (Phi) is 5.56. The van der Waals surface area contributed by atoms with Crippen molar-refractivity contribution in [2.75, 3.05) is 5.32 Å². The highest BCUT2D eigenvalue weighted by molar-refractivity contribution is 6.30. The van der Waals surface area contributed by atoms with Gasteiger partial charge in [0.1, 0.15) is 17.3 Å². The minimum absolute atomic E-state index is 0.102. The topological polar surface area (TPSA) is 65.3 Å². The molecule has 3 aromatic rings. The van der Waals surface area contributed by atoms with Gasteiger partial charge < -0.3 is 10.1 Å². The lowest BCUT2D eigenvalue weighted by Crippen LogP contribution is -2.32. The van der Waals surface area contributed by atoms with Crippen molar-refractivity contribution in [1.82, 2.24) is 9.36 Å². The zero-order valence-electron chi connectivity index (χ0n) is 15.6. The Labute approximate surface area is 166 Å². The van der Waals surface area contributed by atoms with E-state index < -0.39 is 17.8 Å². The first-order chi connectivity index (χ1) is 13.3. The molecule has 0 unspecified atom stereocenters. The molecule has 2 aromatic carbocycles. The largest absolute Gasteiger partial charge is 0.481 e. The van der Waals surface area contributed by atoms with Crippen LogP contribution in [-0.4, -0.2) is 21.4 Å². The second kappa shape index (κ2) is 7.90. The van der Waals surface area contributed by atoms with E-state index in [1.165, 1.54) is 23.7 Å². The van der Waals surface area contributed by atoms with Gasteiger partial charge in [-0.3, -0.25) is 14.3 Å². The van der Waals surface area contributed by atoms with E-state index in [4.69, 9.17) is 16.3 Å². The molecule has 0 fully saturated rings. The van der Waals surface area contributed by atoms with Gasteiger partial charge in [0.2, 0.25) is 0 Å². The molecular weight excluding hydrogens is 385 g/mol. The molecule has 0 bridgehead atoms. The number of nitrogens with one attached hydrogen (secondary N) is 1. The summed E-state index contributed by atoms with van der Waals surface area (Å²) in [6, 6.07) is 12.9. The van der Waals surface area contributed by atoms with E-state index in [1.807, 2.05) is 18.2 Å². The van der Waals surface area contributed by atoms with Gasteiger partial charge >= 0.3 is 0 Å². The molecule has 0 aliphatic carbocycles. The smallest absolute Gasteiger partial charge is 0.295 e. The highest BCUT2D eigenvalue weighted by atomic mass is 35.5. The van der Waals surface area contributed by atoms with Crippen LogP contribution in [0.25, 0.3) is 5.69 Å². The highest BCUT2D eigenvalue weighted by Gasteiger charge is 2.22. The fourth-order valence-electron chi connectivity index (χ4n) is 2.74. The standard InChI is InChI=1S/C20H19ClFN3O3/c1-12-18(20(27)25(24(12)3)14-7-5-4-6-8-14)23-19(26)13(2)28-15-9-10-17(22)16(21)11-15/h4-11,13H,1-3H3,(H,23,26)/t13-/m1/s1. The van der Waals surface area contributed by atoms with E-state index in [2.05, 4.69) is 5.32 Å². The number of aromatic nitrogens is 2. The van der Waals surface area contributed by atoms with Crippen LogP contribution in [-0.2, 0) is 11.8 Å². The van der Waals surface area contributed by atoms with Crippen LogP contribution in [0, 0.1) is 12.7 Å². The molecule has 0 saturated heterocycles. The Morgan fingerprint density at radius 1 is 1.21 bits per heavy atom. The fraction of sp³-hybridized carbons (Fsp3) is 0.200. The quantitative estimate of drug-likeness (QED) is 0.706. The number of para-hydroxylation sites is 1. The van der Waals surface area contributed by atoms with Gasteiger partial charge in [0.15, 0.2) is 6.10 Å². The molecule has 1 aromatic heterocycles. The molecule has 1 atom stereocenters. The number of carbonyl (C=O) groups excluding carboxylic acids is 1. The van der Waals surface area contributed by atoms with Gasteiger partial charge in [-0.05, 0) is 38.1 Å². The van der Waals surface area contributed by atoms with Gasteiger partial charge in [0.25, 0.3) is 11.5 Å². The second-order valence-corrected chi connectivity index (χ2v) is 6.67. The number of hydrogen-bond donors (Lipinski definition) is 1. The van der Waals surface area contributed by atoms with E-state index >= 15 is 0 Å². The molecule has 1 amide bonds. The fourth-order valence-corrected chi connectivity index (χ4v) is 2.92. The average Bonchev–Trinajstić information content (AvgIpc) is 2.88. The molecule has 28 heavy (non-hydrogen) atoms. The number of rotatable bonds is 5. The molecule has 1 heterocycles. The summed E-state index contributed by atoms with van der Waals surface area (Å²) in [4.78, 5) is 25.4. The van der Waals surface area contributed by atoms with Crippen LogP contribution in [0.4, 0.5) is 10.1 Å². The van der Waals surface area contributed by atoms with Crippen LogP contribution in [0.5, 0.6) is 5.75 Å². The van der Waals surface area contributed by atoms with Gasteiger partial charge in [-0.1, -0.05) is 29.8 Å². The van der Waals surface area contributed by atoms with Crippen LogP contribution in [0.15, 0.2) is 53.3 Å². The van der Waals surface area contributed by atoms with Crippen molar-refractivity contribution in [1.29, 1.82) is 0 Å². The molecule has 0 spiro atoms. The number of nitrogens with zero attached hydrogens (tertiary/aromatic N) is 2. The summed E-state index contributed by atoms with van der Waals surface area (Å²) in [5.74, 6) is -0.834. The molecule has 8 heteroatoms. The number of amides is 1. The van der Waals surface area contributed by atoms with Crippen LogP contribution < -0.4 is 15.6 Å². The Balaban J connectivity index is 1.82. The molecule has 3 rings (SSSR count). The lowest BCUT2D eigenvalue weighted by atomic mass is 10.3. The number of hydrogen-bond acceptors (Lipinski definition) is 3. The summed E-state index contributed by atoms with van der Waals surface area (Å²) in [5.41, 5.74) is 1.10. The number of halogens is 2. The lowest BCUT2D eigenvalue weighted by molar-refractivity contribution is -0.122. The van der Waals surface area contributed by atoms with Crippen molar-refractivity contribution >= 4 is 23.2 Å². The van der Waals surface area contributed by atoms with Crippen molar-refractivity contribution in [3.05, 3.63) is 75.4 Å². The third-order valence-electron chi connectivity index (χ3n) is 4.38. The third kappa shape index (κ3) is 3.80. The number of ether oxygens (including phenoxy) is 1. The van der Waals surface area contributed by atoms with Gasteiger partial charge in [0, 0.05) is 13.1 Å². The van der Waals surface area contributed by atoms with E-state index in [0.29, 0.717) is 11.4 Å². The Morgan fingerprint density at radius 2 is 1.89 bits per heavy atom. The number of anilines is 1. The van der Waals surface area contributed by atoms with Crippen LogP contribution in [0.2, 0.25) is 5.02 Å². The van der Waals surface area contributed by atoms with Gasteiger partial charge in [-0.15, -0.1) is 0 Å². The van der Waals surface area contributed by atoms with Crippen molar-refractivity contribution in [3.8, 4) is 11.4 Å². The Bertz CT molecular complexity index is 1080. The maximum atomic E-state index is 13.2. The summed E-state index contributed by atoms with van der Waals surface area (Å²) in [5, 5.41) is 2.53. The number of carbonyl (C=O) groups is 1. The first kappa shape index (κ1) is 19.7. The van der Waals surface area contributed by atoms with E-state index in [-0.39, 0.29) is 22.0 Å². The maximum absolute atomic E-state index is 13.2. The summed E-state index contributed by atoms with van der Waals surface area (Å²) >= 11 is 5.72.